The Labute approximate surface area is 576 Å². The SMILES string of the molecule is CC1C(OCCCC(=O)CCCCCCCNC(=O)OCCCCC(C)(CCCCOC(=O)CCCCCCCNC(=O)CCCOC2OC(CO)C(O)C(O)C2C)CCCOC(=O)CCCCCCCNC(=O)CCCOC2OC(CO)C(O)C(O)C2C)OC(CO)C(O)C1O. The third-order valence-electron chi connectivity index (χ3n) is 18.8. The lowest BCUT2D eigenvalue weighted by atomic mass is 9.76. The highest BCUT2D eigenvalue weighted by Gasteiger charge is 2.45. The Bertz CT molecular complexity index is 2020. The number of ether oxygens (including phenoxy) is 9. The topological polar surface area (TPSA) is 404 Å². The van der Waals surface area contributed by atoms with Gasteiger partial charge in [-0.3, -0.25) is 24.0 Å². The van der Waals surface area contributed by atoms with Gasteiger partial charge < -0.3 is 105 Å². The van der Waals surface area contributed by atoms with E-state index in [0.717, 1.165) is 122 Å². The van der Waals surface area contributed by atoms with E-state index in [0.29, 0.717) is 103 Å². The third kappa shape index (κ3) is 37.1. The van der Waals surface area contributed by atoms with Crippen LogP contribution >= 0.6 is 0 Å². The van der Waals surface area contributed by atoms with Crippen LogP contribution in [-0.4, -0.2) is 234 Å². The number of hydrogen-bond donors (Lipinski definition) is 12. The number of Topliss-reactive ketones (excluding diaryl/α,β-unsaturated/α-hetero) is 1. The number of nitrogens with one attached hydrogen (secondary N) is 3. The third-order valence-corrected chi connectivity index (χ3v) is 18.8. The molecule has 3 saturated heterocycles. The van der Waals surface area contributed by atoms with Gasteiger partial charge in [0.2, 0.25) is 11.8 Å². The molecule has 3 aliphatic rings. The highest BCUT2D eigenvalue weighted by Crippen LogP contribution is 2.36. The normalized spacial score (nSPS) is 26.4. The number of unbranched alkanes of at least 4 members (excludes halogenated alkanes) is 14. The molecule has 3 rings (SSSR count). The minimum Gasteiger partial charge on any atom is -0.466 e. The summed E-state index contributed by atoms with van der Waals surface area (Å²) in [6.45, 7) is 9.21. The van der Waals surface area contributed by atoms with Crippen LogP contribution in [0.4, 0.5) is 4.79 Å². The van der Waals surface area contributed by atoms with E-state index in [1.54, 1.807) is 20.8 Å². The molecule has 566 valence electrons. The van der Waals surface area contributed by atoms with E-state index in [2.05, 4.69) is 22.9 Å². The lowest BCUT2D eigenvalue weighted by Crippen LogP contribution is -2.55. The van der Waals surface area contributed by atoms with E-state index < -0.39 is 117 Å². The lowest BCUT2D eigenvalue weighted by Gasteiger charge is -2.40. The number of aliphatic hydroxyl groups is 9. The first-order valence-electron chi connectivity index (χ1n) is 36.6. The molecule has 12 N–H and O–H groups in total. The largest absolute Gasteiger partial charge is 0.466 e. The summed E-state index contributed by atoms with van der Waals surface area (Å²) in [5, 5.41) is 97.6. The van der Waals surface area contributed by atoms with Gasteiger partial charge in [-0.15, -0.1) is 0 Å². The molecule has 27 nitrogen and oxygen atoms in total. The Morgan fingerprint density at radius 2 is 0.670 bits per heavy atom. The van der Waals surface area contributed by atoms with Crippen molar-refractivity contribution in [2.24, 2.45) is 23.2 Å². The van der Waals surface area contributed by atoms with E-state index in [1.165, 1.54) is 0 Å². The van der Waals surface area contributed by atoms with Crippen LogP contribution < -0.4 is 16.0 Å². The van der Waals surface area contributed by atoms with Gasteiger partial charge in [-0.2, -0.15) is 0 Å². The number of rotatable bonds is 56. The standard InChI is InChI=1S/C70H127N3O24/c1-49-60(82)63(85)53(46-74)95-66(49)91-42-24-29-52(77)28-14-8-5-13-21-39-73-69(88)94-41-23-18-35-70(4,36-27-45-90-59(81)33-16-10-7-12-20-38-72-57(79)31-26-44-93-68-51(3)62(84)65(87)55(48-76)97-68)34-17-22-40-89-58(80)32-15-9-6-11-19-37-71-56(78)30-25-43-92-67-50(2)61(83)64(86)54(47-75)96-67/h49-51,53-55,60-68,74-76,82-87H,5-48H2,1-4H3,(H,71,78)(H,72,79)(H,73,88). The van der Waals surface area contributed by atoms with Crippen LogP contribution in [0.15, 0.2) is 0 Å². The van der Waals surface area contributed by atoms with Crippen molar-refractivity contribution in [3.8, 4) is 0 Å². The van der Waals surface area contributed by atoms with Gasteiger partial charge in [-0.05, 0) is 115 Å². The number of aliphatic hydroxyl groups excluding tert-OH is 9. The van der Waals surface area contributed by atoms with E-state index in [1.807, 2.05) is 0 Å². The smallest absolute Gasteiger partial charge is 0.407 e. The molecule has 0 aromatic rings. The Hall–Kier alpha value is -3.78. The molecule has 0 aromatic heterocycles. The predicted octanol–water partition coefficient (Wildman–Crippen LogP) is 5.37. The summed E-state index contributed by atoms with van der Waals surface area (Å²) >= 11 is 0. The van der Waals surface area contributed by atoms with Crippen molar-refractivity contribution in [2.75, 3.05) is 79.1 Å². The van der Waals surface area contributed by atoms with E-state index >= 15 is 0 Å². The zero-order chi connectivity index (χ0) is 71.2. The van der Waals surface area contributed by atoms with Crippen LogP contribution in [0, 0.1) is 23.2 Å². The van der Waals surface area contributed by atoms with Gasteiger partial charge in [-0.25, -0.2) is 4.79 Å². The molecule has 3 heterocycles. The highest BCUT2D eigenvalue weighted by molar-refractivity contribution is 5.78. The zero-order valence-electron chi connectivity index (χ0n) is 58.9. The fourth-order valence-electron chi connectivity index (χ4n) is 12.3. The molecular weight excluding hydrogens is 1270 g/mol. The van der Waals surface area contributed by atoms with Gasteiger partial charge in [0.05, 0.1) is 77.8 Å². The van der Waals surface area contributed by atoms with Crippen LogP contribution in [-0.2, 0) is 66.6 Å². The molecule has 0 spiro atoms. The minimum atomic E-state index is -1.20. The summed E-state index contributed by atoms with van der Waals surface area (Å²) in [6.07, 6.45) is 10.1. The van der Waals surface area contributed by atoms with Gasteiger partial charge in [0.25, 0.3) is 0 Å². The van der Waals surface area contributed by atoms with Crippen molar-refractivity contribution in [2.45, 2.75) is 307 Å². The number of hydrogen-bond acceptors (Lipinski definition) is 24. The van der Waals surface area contributed by atoms with E-state index in [4.69, 9.17) is 42.6 Å². The van der Waals surface area contributed by atoms with Crippen LogP contribution in [0.25, 0.3) is 0 Å². The Kier molecular flexibility index (Phi) is 47.1. The molecule has 16 atom stereocenters. The molecule has 3 fully saturated rings. The predicted molar refractivity (Wildman–Crippen MR) is 357 cm³/mol. The molecule has 27 heteroatoms. The van der Waals surface area contributed by atoms with Gasteiger partial charge in [-0.1, -0.05) is 85.5 Å². The van der Waals surface area contributed by atoms with Crippen LogP contribution in [0.5, 0.6) is 0 Å². The molecule has 0 aliphatic carbocycles. The Morgan fingerprint density at radius 1 is 0.351 bits per heavy atom. The van der Waals surface area contributed by atoms with Gasteiger partial charge in [0, 0.05) is 75.9 Å². The number of ketones is 1. The summed E-state index contributed by atoms with van der Waals surface area (Å²) in [4.78, 5) is 74.9. The summed E-state index contributed by atoms with van der Waals surface area (Å²) in [6, 6.07) is 0. The van der Waals surface area contributed by atoms with Crippen molar-refractivity contribution in [1.82, 2.24) is 16.0 Å². The average Bonchev–Trinajstić information content (AvgIpc) is 0.964. The Balaban J connectivity index is 1.25. The first-order chi connectivity index (χ1) is 46.6. The van der Waals surface area contributed by atoms with Gasteiger partial charge >= 0.3 is 18.0 Å². The maximum Gasteiger partial charge on any atom is 0.407 e. The molecular formula is C70H127N3O24. The molecule has 0 radical (unpaired) electrons. The second kappa shape index (κ2) is 52.2. The summed E-state index contributed by atoms with van der Waals surface area (Å²) in [7, 11) is 0. The van der Waals surface area contributed by atoms with Crippen LogP contribution in [0.1, 0.15) is 233 Å². The minimum absolute atomic E-state index is 0.0836. The molecule has 0 bridgehead atoms. The number of carbonyl (C=O) groups excluding carboxylic acids is 6. The molecule has 16 unspecified atom stereocenters. The fourth-order valence-corrected chi connectivity index (χ4v) is 12.3. The molecule has 97 heavy (non-hydrogen) atoms. The first-order valence-corrected chi connectivity index (χ1v) is 36.6. The number of esters is 2. The fraction of sp³-hybridized carbons (Fsp3) is 0.914. The first kappa shape index (κ1) is 87.4. The van der Waals surface area contributed by atoms with Crippen LogP contribution in [0.2, 0.25) is 0 Å². The monoisotopic (exact) mass is 1390 g/mol. The van der Waals surface area contributed by atoms with E-state index in [-0.39, 0.29) is 74.2 Å². The highest BCUT2D eigenvalue weighted by atomic mass is 16.7. The second-order valence-electron chi connectivity index (χ2n) is 27.2. The Morgan fingerprint density at radius 3 is 1.07 bits per heavy atom. The van der Waals surface area contributed by atoms with Crippen molar-refractivity contribution in [3.63, 3.8) is 0 Å². The van der Waals surface area contributed by atoms with E-state index in [9.17, 15) is 74.7 Å². The number of carbonyl (C=O) groups is 6. The maximum absolute atomic E-state index is 12.7. The molecule has 0 saturated carbocycles. The summed E-state index contributed by atoms with van der Waals surface area (Å²) < 4.78 is 50.5. The molecule has 3 amide bonds. The molecule has 0 aromatic carbocycles. The molecule has 3 aliphatic heterocycles. The van der Waals surface area contributed by atoms with Gasteiger partial charge in [0.1, 0.15) is 42.4 Å². The van der Waals surface area contributed by atoms with Crippen LogP contribution in [0.3, 0.4) is 0 Å². The quantitative estimate of drug-likeness (QED) is 0.0207. The summed E-state index contributed by atoms with van der Waals surface area (Å²) in [5.41, 5.74) is -0.0836. The average molecular weight is 1390 g/mol. The number of amides is 3. The van der Waals surface area contributed by atoms with Gasteiger partial charge in [0.15, 0.2) is 18.9 Å². The number of alkyl carbamates (subject to hydrolysis) is 1. The lowest BCUT2D eigenvalue weighted by molar-refractivity contribution is -0.282. The van der Waals surface area contributed by atoms with Crippen molar-refractivity contribution < 1.29 is 117 Å². The van der Waals surface area contributed by atoms with Crippen molar-refractivity contribution in [1.29, 1.82) is 0 Å². The van der Waals surface area contributed by atoms with Crippen molar-refractivity contribution >= 4 is 35.6 Å². The second-order valence-corrected chi connectivity index (χ2v) is 27.2. The maximum atomic E-state index is 12.7. The summed E-state index contributed by atoms with van der Waals surface area (Å²) in [5.74, 6) is -1.95. The zero-order valence-corrected chi connectivity index (χ0v) is 58.9. The van der Waals surface area contributed by atoms with Crippen molar-refractivity contribution in [3.05, 3.63) is 0 Å².